The van der Waals surface area contributed by atoms with Crippen molar-refractivity contribution in [3.63, 3.8) is 0 Å². The smallest absolute Gasteiger partial charge is 0.416 e. The molecule has 1 saturated carbocycles. The van der Waals surface area contributed by atoms with E-state index in [0.717, 1.165) is 37.3 Å². The fourth-order valence-electron chi connectivity index (χ4n) is 5.06. The Morgan fingerprint density at radius 1 is 1.08 bits per heavy atom. The van der Waals surface area contributed by atoms with E-state index in [2.05, 4.69) is 51.1 Å². The topological polar surface area (TPSA) is 41.6 Å². The number of nitrogens with one attached hydrogen (secondary N) is 1. The lowest BCUT2D eigenvalue weighted by Crippen LogP contribution is -2.56. The Kier molecular flexibility index (Phi) is 9.44. The molecule has 0 aliphatic heterocycles. The first-order valence-corrected chi connectivity index (χ1v) is 16.5. The van der Waals surface area contributed by atoms with Crippen molar-refractivity contribution in [3.8, 4) is 0 Å². The number of rotatable bonds is 9. The van der Waals surface area contributed by atoms with Gasteiger partial charge in [0.05, 0.1) is 22.2 Å². The number of likely N-dealkylation sites (N-methyl/N-ethyl adjacent to an activating group) is 1. The molecule has 0 heterocycles. The summed E-state index contributed by atoms with van der Waals surface area (Å²) in [6, 6.07) is 12.7. The molecule has 38 heavy (non-hydrogen) atoms. The maximum atomic E-state index is 13.5. The Morgan fingerprint density at radius 3 is 2.24 bits per heavy atom. The van der Waals surface area contributed by atoms with Crippen LogP contribution in [0.15, 0.2) is 48.5 Å². The molecule has 2 aromatic rings. The highest BCUT2D eigenvalue weighted by atomic mass is 35.5. The molecule has 0 bridgehead atoms. The van der Waals surface area contributed by atoms with Crippen molar-refractivity contribution in [3.05, 3.63) is 70.2 Å². The van der Waals surface area contributed by atoms with Gasteiger partial charge in [0.2, 0.25) is 0 Å². The molecule has 2 aromatic carbocycles. The fourth-order valence-corrected chi connectivity index (χ4v) is 6.42. The van der Waals surface area contributed by atoms with Gasteiger partial charge in [-0.05, 0) is 55.7 Å². The van der Waals surface area contributed by atoms with Gasteiger partial charge in [0.1, 0.15) is 0 Å². The van der Waals surface area contributed by atoms with Crippen LogP contribution in [0.4, 0.5) is 13.2 Å². The second-order valence-electron chi connectivity index (χ2n) is 11.8. The van der Waals surface area contributed by atoms with Crippen LogP contribution in [0.5, 0.6) is 0 Å². The first kappa shape index (κ1) is 30.7. The van der Waals surface area contributed by atoms with Gasteiger partial charge in [-0.2, -0.15) is 13.2 Å². The zero-order chi connectivity index (χ0) is 28.4. The summed E-state index contributed by atoms with van der Waals surface area (Å²) in [6.07, 6.45) is -0.962. The molecule has 4 nitrogen and oxygen atoms in total. The van der Waals surface area contributed by atoms with Crippen LogP contribution in [0.3, 0.4) is 0 Å². The van der Waals surface area contributed by atoms with Gasteiger partial charge in [0, 0.05) is 18.7 Å². The summed E-state index contributed by atoms with van der Waals surface area (Å²) in [6.45, 7) is 12.3. The van der Waals surface area contributed by atoms with E-state index in [1.807, 2.05) is 30.3 Å². The van der Waals surface area contributed by atoms with Gasteiger partial charge in [0.25, 0.3) is 5.91 Å². The molecular formula is C29H40ClF3N2O2Si. The lowest BCUT2D eigenvalue weighted by molar-refractivity contribution is -0.137. The summed E-state index contributed by atoms with van der Waals surface area (Å²) in [5, 5.41) is 2.62. The number of carbonyl (C=O) groups excluding carboxylic acids is 1. The second-order valence-corrected chi connectivity index (χ2v) is 17.0. The summed E-state index contributed by atoms with van der Waals surface area (Å²) >= 11 is 6.12. The number of carbonyl (C=O) groups is 1. The van der Waals surface area contributed by atoms with E-state index in [1.54, 1.807) is 0 Å². The van der Waals surface area contributed by atoms with E-state index in [1.165, 1.54) is 12.1 Å². The van der Waals surface area contributed by atoms with Crippen LogP contribution in [0.1, 0.15) is 74.0 Å². The zero-order valence-electron chi connectivity index (χ0n) is 23.2. The van der Waals surface area contributed by atoms with Crippen LogP contribution in [0.2, 0.25) is 23.2 Å². The molecule has 1 atom stereocenters. The van der Waals surface area contributed by atoms with Crippen LogP contribution >= 0.6 is 11.6 Å². The molecule has 1 fully saturated rings. The molecule has 1 N–H and O–H groups in total. The van der Waals surface area contributed by atoms with E-state index in [-0.39, 0.29) is 10.6 Å². The molecule has 0 radical (unpaired) electrons. The standard InChI is InChI=1S/C29H40ClF3N2O2Si/c1-27(2,3)38(5,6)37-20-19-35(4)28(17-10-11-18-28)25(21-13-8-7-9-14-21)34-26(36)22-15-12-16-23(24(22)30)29(31,32)33/h7-9,12-16,25H,10-11,17-20H2,1-6H3,(H,34,36). The van der Waals surface area contributed by atoms with E-state index < -0.39 is 42.6 Å². The zero-order valence-corrected chi connectivity index (χ0v) is 25.0. The lowest BCUT2D eigenvalue weighted by Gasteiger charge is -2.46. The quantitative estimate of drug-likeness (QED) is 0.311. The highest BCUT2D eigenvalue weighted by Gasteiger charge is 2.46. The minimum Gasteiger partial charge on any atom is -0.416 e. The maximum Gasteiger partial charge on any atom is 0.417 e. The number of alkyl halides is 3. The van der Waals surface area contributed by atoms with Gasteiger partial charge in [-0.25, -0.2) is 0 Å². The molecular weight excluding hydrogens is 529 g/mol. The van der Waals surface area contributed by atoms with Gasteiger partial charge in [0.15, 0.2) is 8.32 Å². The van der Waals surface area contributed by atoms with Crippen LogP contribution in [-0.4, -0.2) is 44.9 Å². The van der Waals surface area contributed by atoms with Gasteiger partial charge < -0.3 is 9.74 Å². The van der Waals surface area contributed by atoms with Crippen molar-refractivity contribution in [2.45, 2.75) is 82.3 Å². The number of nitrogens with zero attached hydrogens (tertiary/aromatic N) is 1. The minimum atomic E-state index is -4.65. The van der Waals surface area contributed by atoms with Crippen LogP contribution in [-0.2, 0) is 10.6 Å². The molecule has 1 amide bonds. The van der Waals surface area contributed by atoms with E-state index in [0.29, 0.717) is 13.2 Å². The molecule has 0 saturated heterocycles. The van der Waals surface area contributed by atoms with Gasteiger partial charge in [-0.15, -0.1) is 0 Å². The Bertz CT molecular complexity index is 1100. The number of amides is 1. The Morgan fingerprint density at radius 2 is 1.68 bits per heavy atom. The van der Waals surface area contributed by atoms with E-state index in [4.69, 9.17) is 16.0 Å². The predicted octanol–water partition coefficient (Wildman–Crippen LogP) is 8.10. The molecule has 1 unspecified atom stereocenters. The molecule has 3 rings (SSSR count). The predicted molar refractivity (Wildman–Crippen MR) is 150 cm³/mol. The molecule has 0 aromatic heterocycles. The number of hydrogen-bond donors (Lipinski definition) is 1. The third-order valence-electron chi connectivity index (χ3n) is 8.42. The van der Waals surface area contributed by atoms with E-state index in [9.17, 15) is 18.0 Å². The summed E-state index contributed by atoms with van der Waals surface area (Å²) in [5.41, 5.74) is -0.705. The van der Waals surface area contributed by atoms with E-state index >= 15 is 0 Å². The fraction of sp³-hybridized carbons (Fsp3) is 0.552. The van der Waals surface area contributed by atoms with Crippen molar-refractivity contribution < 1.29 is 22.4 Å². The third kappa shape index (κ3) is 6.64. The lowest BCUT2D eigenvalue weighted by atomic mass is 9.81. The number of hydrogen-bond acceptors (Lipinski definition) is 3. The van der Waals surface area contributed by atoms with Crippen molar-refractivity contribution in [2.24, 2.45) is 0 Å². The van der Waals surface area contributed by atoms with Crippen molar-refractivity contribution in [1.82, 2.24) is 10.2 Å². The summed E-state index contributed by atoms with van der Waals surface area (Å²) in [4.78, 5) is 15.8. The number of benzene rings is 2. The molecule has 9 heteroatoms. The van der Waals surface area contributed by atoms with Crippen molar-refractivity contribution >= 4 is 25.8 Å². The Labute approximate surface area is 231 Å². The van der Waals surface area contributed by atoms with Gasteiger partial charge in [-0.1, -0.05) is 81.6 Å². The first-order chi connectivity index (χ1) is 17.6. The third-order valence-corrected chi connectivity index (χ3v) is 13.4. The monoisotopic (exact) mass is 568 g/mol. The van der Waals surface area contributed by atoms with Crippen molar-refractivity contribution in [2.75, 3.05) is 20.2 Å². The average Bonchev–Trinajstić information content (AvgIpc) is 3.32. The molecule has 1 aliphatic rings. The highest BCUT2D eigenvalue weighted by molar-refractivity contribution is 6.74. The first-order valence-electron chi connectivity index (χ1n) is 13.2. The normalized spacial score (nSPS) is 17.0. The van der Waals surface area contributed by atoms with Crippen molar-refractivity contribution in [1.29, 1.82) is 0 Å². The van der Waals surface area contributed by atoms with Gasteiger partial charge in [-0.3, -0.25) is 9.69 Å². The Balaban J connectivity index is 1.93. The van der Waals surface area contributed by atoms with Gasteiger partial charge >= 0.3 is 6.18 Å². The second kappa shape index (κ2) is 11.7. The maximum absolute atomic E-state index is 13.5. The average molecular weight is 569 g/mol. The summed E-state index contributed by atoms with van der Waals surface area (Å²) in [7, 11) is 0.128. The number of halogens is 4. The molecule has 210 valence electrons. The highest BCUT2D eigenvalue weighted by Crippen LogP contribution is 2.45. The Hall–Kier alpha value is -1.87. The van der Waals surface area contributed by atoms with Crippen LogP contribution in [0, 0.1) is 0 Å². The van der Waals surface area contributed by atoms with Crippen LogP contribution < -0.4 is 5.32 Å². The SMILES string of the molecule is CN(CCO[Si](C)(C)C(C)(C)C)C1(C(NC(=O)c2cccc(C(F)(F)F)c2Cl)c2ccccc2)CCCC1. The largest absolute Gasteiger partial charge is 0.417 e. The summed E-state index contributed by atoms with van der Waals surface area (Å²) in [5.74, 6) is -0.618. The molecule has 1 aliphatic carbocycles. The van der Waals surface area contributed by atoms with Crippen LogP contribution in [0.25, 0.3) is 0 Å². The molecule has 0 spiro atoms. The summed E-state index contributed by atoms with van der Waals surface area (Å²) < 4.78 is 46.9. The minimum absolute atomic E-state index is 0.0986.